The standard InChI is InChI=1S/C15H23BrN2O2/c1-4-15(3,20-5-2)14-17-12(10-8-6-7-9-10)11(16)13(19)18-14/h10H,4-9H2,1-3H3,(H,17,18,19). The van der Waals surface area contributed by atoms with Gasteiger partial charge in [0.2, 0.25) is 0 Å². The maximum Gasteiger partial charge on any atom is 0.265 e. The van der Waals surface area contributed by atoms with Crippen molar-refractivity contribution in [3.8, 4) is 0 Å². The summed E-state index contributed by atoms with van der Waals surface area (Å²) < 4.78 is 6.42. The molecule has 112 valence electrons. The summed E-state index contributed by atoms with van der Waals surface area (Å²) in [4.78, 5) is 19.8. The van der Waals surface area contributed by atoms with Crippen molar-refractivity contribution in [2.45, 2.75) is 64.4 Å². The second-order valence-corrected chi connectivity index (χ2v) is 6.41. The molecular formula is C15H23BrN2O2. The molecule has 1 aliphatic rings. The maximum atomic E-state index is 12.2. The van der Waals surface area contributed by atoms with Crippen LogP contribution in [0.15, 0.2) is 9.27 Å². The molecule has 1 saturated carbocycles. The van der Waals surface area contributed by atoms with Crippen LogP contribution in [0.3, 0.4) is 0 Å². The topological polar surface area (TPSA) is 55.0 Å². The molecule has 2 rings (SSSR count). The molecule has 0 aliphatic heterocycles. The third kappa shape index (κ3) is 2.98. The van der Waals surface area contributed by atoms with Gasteiger partial charge in [-0.15, -0.1) is 0 Å². The van der Waals surface area contributed by atoms with Crippen molar-refractivity contribution in [3.05, 3.63) is 26.3 Å². The second-order valence-electron chi connectivity index (χ2n) is 5.61. The number of H-pyrrole nitrogens is 1. The lowest BCUT2D eigenvalue weighted by molar-refractivity contribution is -0.0394. The number of halogens is 1. The maximum absolute atomic E-state index is 12.2. The Morgan fingerprint density at radius 1 is 1.40 bits per heavy atom. The van der Waals surface area contributed by atoms with E-state index >= 15 is 0 Å². The van der Waals surface area contributed by atoms with Crippen LogP contribution in [0.5, 0.6) is 0 Å². The molecule has 0 spiro atoms. The fourth-order valence-corrected chi connectivity index (χ4v) is 3.36. The van der Waals surface area contributed by atoms with Crippen molar-refractivity contribution in [2.24, 2.45) is 0 Å². The number of hydrogen-bond donors (Lipinski definition) is 1. The van der Waals surface area contributed by atoms with Crippen LogP contribution in [0.4, 0.5) is 0 Å². The van der Waals surface area contributed by atoms with E-state index in [1.807, 2.05) is 20.8 Å². The predicted molar refractivity (Wildman–Crippen MR) is 83.0 cm³/mol. The van der Waals surface area contributed by atoms with Crippen molar-refractivity contribution in [1.29, 1.82) is 0 Å². The van der Waals surface area contributed by atoms with Crippen molar-refractivity contribution in [2.75, 3.05) is 6.61 Å². The fourth-order valence-electron chi connectivity index (χ4n) is 2.85. The Labute approximate surface area is 128 Å². The van der Waals surface area contributed by atoms with Crippen LogP contribution in [0, 0.1) is 0 Å². The van der Waals surface area contributed by atoms with Crippen LogP contribution in [-0.2, 0) is 10.3 Å². The molecule has 0 bridgehead atoms. The average molecular weight is 343 g/mol. The summed E-state index contributed by atoms with van der Waals surface area (Å²) in [7, 11) is 0. The summed E-state index contributed by atoms with van der Waals surface area (Å²) in [6, 6.07) is 0. The van der Waals surface area contributed by atoms with E-state index in [-0.39, 0.29) is 5.56 Å². The highest BCUT2D eigenvalue weighted by molar-refractivity contribution is 9.10. The Balaban J connectivity index is 2.47. The summed E-state index contributed by atoms with van der Waals surface area (Å²) in [6.45, 7) is 6.60. The van der Waals surface area contributed by atoms with Gasteiger partial charge in [-0.25, -0.2) is 4.98 Å². The van der Waals surface area contributed by atoms with Gasteiger partial charge in [0, 0.05) is 12.5 Å². The smallest absolute Gasteiger partial charge is 0.265 e. The normalized spacial score (nSPS) is 19.2. The molecule has 20 heavy (non-hydrogen) atoms. The first-order valence-corrected chi connectivity index (χ1v) is 8.25. The molecular weight excluding hydrogens is 320 g/mol. The van der Waals surface area contributed by atoms with Crippen LogP contribution in [-0.4, -0.2) is 16.6 Å². The van der Waals surface area contributed by atoms with Gasteiger partial charge in [-0.3, -0.25) is 4.79 Å². The number of hydrogen-bond acceptors (Lipinski definition) is 3. The van der Waals surface area contributed by atoms with E-state index in [1.165, 1.54) is 12.8 Å². The molecule has 1 atom stereocenters. The number of rotatable bonds is 5. The molecule has 4 nitrogen and oxygen atoms in total. The second kappa shape index (κ2) is 6.39. The van der Waals surface area contributed by atoms with Crippen molar-refractivity contribution >= 4 is 15.9 Å². The molecule has 1 unspecified atom stereocenters. The number of ether oxygens (including phenoxy) is 1. The molecule has 1 N–H and O–H groups in total. The number of nitrogens with zero attached hydrogens (tertiary/aromatic N) is 1. The minimum atomic E-state index is -0.526. The first-order chi connectivity index (χ1) is 9.51. The van der Waals surface area contributed by atoms with Gasteiger partial charge < -0.3 is 9.72 Å². The van der Waals surface area contributed by atoms with E-state index in [0.29, 0.717) is 22.8 Å². The molecule has 1 heterocycles. The zero-order valence-corrected chi connectivity index (χ0v) is 14.0. The molecule has 1 fully saturated rings. The van der Waals surface area contributed by atoms with Crippen LogP contribution < -0.4 is 5.56 Å². The van der Waals surface area contributed by atoms with E-state index in [0.717, 1.165) is 25.0 Å². The van der Waals surface area contributed by atoms with E-state index < -0.39 is 5.60 Å². The van der Waals surface area contributed by atoms with Gasteiger partial charge in [0.15, 0.2) is 0 Å². The average Bonchev–Trinajstić information content (AvgIpc) is 2.95. The highest BCUT2D eigenvalue weighted by Crippen LogP contribution is 2.36. The minimum Gasteiger partial charge on any atom is -0.368 e. The zero-order chi connectivity index (χ0) is 14.8. The van der Waals surface area contributed by atoms with Gasteiger partial charge in [-0.1, -0.05) is 19.8 Å². The Kier molecular flexibility index (Phi) is 5.02. The summed E-state index contributed by atoms with van der Waals surface area (Å²) in [5.41, 5.74) is 0.277. The predicted octanol–water partition coefficient (Wildman–Crippen LogP) is 3.85. The fraction of sp³-hybridized carbons (Fsp3) is 0.733. The van der Waals surface area contributed by atoms with Crippen LogP contribution in [0.1, 0.15) is 70.3 Å². The number of aromatic nitrogens is 2. The Morgan fingerprint density at radius 3 is 2.60 bits per heavy atom. The van der Waals surface area contributed by atoms with Crippen molar-refractivity contribution in [1.82, 2.24) is 9.97 Å². The van der Waals surface area contributed by atoms with E-state index in [4.69, 9.17) is 9.72 Å². The molecule has 0 aromatic carbocycles. The molecule has 0 saturated heterocycles. The largest absolute Gasteiger partial charge is 0.368 e. The quantitative estimate of drug-likeness (QED) is 0.883. The lowest BCUT2D eigenvalue weighted by Gasteiger charge is -2.28. The van der Waals surface area contributed by atoms with Gasteiger partial charge in [0.05, 0.1) is 5.69 Å². The molecule has 1 aromatic rings. The molecule has 5 heteroatoms. The van der Waals surface area contributed by atoms with Crippen LogP contribution >= 0.6 is 15.9 Å². The molecule has 0 amide bonds. The molecule has 1 aliphatic carbocycles. The lowest BCUT2D eigenvalue weighted by atomic mass is 10.00. The highest BCUT2D eigenvalue weighted by Gasteiger charge is 2.31. The van der Waals surface area contributed by atoms with E-state index in [9.17, 15) is 4.79 Å². The number of aromatic amines is 1. The summed E-state index contributed by atoms with van der Waals surface area (Å²) in [5, 5.41) is 0. The first kappa shape index (κ1) is 15.7. The van der Waals surface area contributed by atoms with Crippen LogP contribution in [0.2, 0.25) is 0 Å². The minimum absolute atomic E-state index is 0.101. The van der Waals surface area contributed by atoms with Crippen LogP contribution in [0.25, 0.3) is 0 Å². The SMILES string of the molecule is CCOC(C)(CC)c1nc(C2CCCC2)c(Br)c(=O)[nH]1. The Hall–Kier alpha value is -0.680. The van der Waals surface area contributed by atoms with Gasteiger partial charge >= 0.3 is 0 Å². The van der Waals surface area contributed by atoms with Crippen molar-refractivity contribution < 1.29 is 4.74 Å². The summed E-state index contributed by atoms with van der Waals surface area (Å²) in [5.74, 6) is 1.05. The van der Waals surface area contributed by atoms with Crippen molar-refractivity contribution in [3.63, 3.8) is 0 Å². The molecule has 1 aromatic heterocycles. The Bertz CT molecular complexity index is 523. The first-order valence-electron chi connectivity index (χ1n) is 7.46. The third-order valence-corrected chi connectivity index (χ3v) is 5.04. The number of nitrogens with one attached hydrogen (secondary N) is 1. The van der Waals surface area contributed by atoms with Gasteiger partial charge in [-0.2, -0.15) is 0 Å². The Morgan fingerprint density at radius 2 is 2.05 bits per heavy atom. The summed E-state index contributed by atoms with van der Waals surface area (Å²) >= 11 is 3.40. The van der Waals surface area contributed by atoms with Gasteiger partial charge in [-0.05, 0) is 49.0 Å². The van der Waals surface area contributed by atoms with E-state index in [2.05, 4.69) is 20.9 Å². The van der Waals surface area contributed by atoms with Gasteiger partial charge in [0.1, 0.15) is 15.9 Å². The summed E-state index contributed by atoms with van der Waals surface area (Å²) in [6.07, 6.45) is 5.45. The zero-order valence-electron chi connectivity index (χ0n) is 12.5. The monoisotopic (exact) mass is 342 g/mol. The van der Waals surface area contributed by atoms with Gasteiger partial charge in [0.25, 0.3) is 5.56 Å². The lowest BCUT2D eigenvalue weighted by Crippen LogP contribution is -2.32. The third-order valence-electron chi connectivity index (χ3n) is 4.27. The van der Waals surface area contributed by atoms with E-state index in [1.54, 1.807) is 0 Å². The highest BCUT2D eigenvalue weighted by atomic mass is 79.9. The molecule has 0 radical (unpaired) electrons.